The number of benzene rings is 4. The van der Waals surface area contributed by atoms with Crippen LogP contribution in [0.25, 0.3) is 0 Å². The predicted molar refractivity (Wildman–Crippen MR) is 268 cm³/mol. The van der Waals surface area contributed by atoms with Gasteiger partial charge in [0.15, 0.2) is 46.0 Å². The molecule has 16 nitrogen and oxygen atoms in total. The van der Waals surface area contributed by atoms with Crippen LogP contribution in [-0.2, 0) is 40.0 Å². The first kappa shape index (κ1) is 53.6. The molecular weight excluding hydrogens is 913 g/mol. The standard InChI is InChI=1S/C55H72N2O14/c1-56(23-19-37-32-43(60-3)44(61-4)34-40(37)41(56)26-35-28-45(62-5)52(67-10)46(29-35)63-6)21-14-16-39(58)17-18-50(59)71-25-15-22-57(2)24-20-38-33-49(66-9)54(69-12)55(70-13)51(38)42(57)27-36-30-47(64-7)53(68-11)48(31-36)65-8/h28-34,41-42H,14-16,19-27H2,1-13H3/q+2. The van der Waals surface area contributed by atoms with Gasteiger partial charge in [-0.15, -0.1) is 0 Å². The minimum atomic E-state index is -0.737. The topological polar surface area (TPSA) is 145 Å². The first-order valence-corrected chi connectivity index (χ1v) is 23.8. The minimum Gasteiger partial charge on any atom is -0.493 e. The van der Waals surface area contributed by atoms with E-state index in [-0.39, 0.29) is 30.9 Å². The maximum Gasteiger partial charge on any atom is 0.384 e. The second kappa shape index (κ2) is 23.9. The molecule has 2 aliphatic heterocycles. The van der Waals surface area contributed by atoms with Crippen LogP contribution in [0, 0.1) is 11.8 Å². The molecule has 0 saturated heterocycles. The van der Waals surface area contributed by atoms with Gasteiger partial charge >= 0.3 is 5.97 Å². The Morgan fingerprint density at radius 1 is 0.493 bits per heavy atom. The van der Waals surface area contributed by atoms with Gasteiger partial charge in [0.25, 0.3) is 0 Å². The van der Waals surface area contributed by atoms with Gasteiger partial charge in [0.1, 0.15) is 12.1 Å². The molecule has 2 aliphatic rings. The summed E-state index contributed by atoms with van der Waals surface area (Å²) in [6.07, 6.45) is 4.10. The summed E-state index contributed by atoms with van der Waals surface area (Å²) in [6.45, 7) is 3.10. The third-order valence-electron chi connectivity index (χ3n) is 14.3. The van der Waals surface area contributed by atoms with E-state index in [2.05, 4.69) is 38.1 Å². The van der Waals surface area contributed by atoms with Crippen LogP contribution in [0.4, 0.5) is 0 Å². The first-order chi connectivity index (χ1) is 34.2. The van der Waals surface area contributed by atoms with E-state index in [9.17, 15) is 9.59 Å². The molecule has 4 unspecified atom stereocenters. The number of Topliss-reactive ketones (excluding diaryl/α,β-unsaturated/α-hetero) is 1. The molecule has 6 rings (SSSR count). The number of rotatable bonds is 23. The summed E-state index contributed by atoms with van der Waals surface area (Å²) in [7, 11) is 22.2. The average Bonchev–Trinajstić information content (AvgIpc) is 3.39. The van der Waals surface area contributed by atoms with E-state index in [1.54, 1.807) is 78.2 Å². The molecule has 2 heterocycles. The smallest absolute Gasteiger partial charge is 0.384 e. The average molecular weight is 985 g/mol. The van der Waals surface area contributed by atoms with Crippen molar-refractivity contribution in [2.45, 2.75) is 57.0 Å². The largest absolute Gasteiger partial charge is 0.493 e. The van der Waals surface area contributed by atoms with E-state index >= 15 is 0 Å². The van der Waals surface area contributed by atoms with Crippen molar-refractivity contribution in [2.75, 3.05) is 125 Å². The molecule has 71 heavy (non-hydrogen) atoms. The Balaban J connectivity index is 1.13. The molecule has 0 bridgehead atoms. The Morgan fingerprint density at radius 3 is 1.44 bits per heavy atom. The highest BCUT2D eigenvalue weighted by Gasteiger charge is 2.44. The Bertz CT molecular complexity index is 2550. The number of nitrogens with zero attached hydrogens (tertiary/aromatic N) is 2. The summed E-state index contributed by atoms with van der Waals surface area (Å²) in [5.74, 6) is 10.3. The van der Waals surface area contributed by atoms with E-state index in [0.29, 0.717) is 111 Å². The number of quaternary nitrogens is 2. The van der Waals surface area contributed by atoms with Crippen molar-refractivity contribution >= 4 is 11.8 Å². The van der Waals surface area contributed by atoms with Crippen LogP contribution in [0.1, 0.15) is 64.7 Å². The summed E-state index contributed by atoms with van der Waals surface area (Å²) in [5.41, 5.74) is 6.43. The van der Waals surface area contributed by atoms with Crippen molar-refractivity contribution in [3.63, 3.8) is 0 Å². The van der Waals surface area contributed by atoms with Crippen molar-refractivity contribution in [3.8, 4) is 75.1 Å². The van der Waals surface area contributed by atoms with Gasteiger partial charge in [0, 0.05) is 56.4 Å². The molecule has 0 N–H and O–H groups in total. The highest BCUT2D eigenvalue weighted by molar-refractivity contribution is 6.01. The van der Waals surface area contributed by atoms with Crippen LogP contribution in [0.5, 0.6) is 63.2 Å². The number of hydrogen-bond acceptors (Lipinski definition) is 14. The summed E-state index contributed by atoms with van der Waals surface area (Å²) < 4.78 is 70.1. The second-order valence-electron chi connectivity index (χ2n) is 18.3. The van der Waals surface area contributed by atoms with Gasteiger partial charge in [0.05, 0.1) is 131 Å². The summed E-state index contributed by atoms with van der Waals surface area (Å²) >= 11 is 0. The molecule has 0 aliphatic carbocycles. The Kier molecular flexibility index (Phi) is 18.1. The number of methoxy groups -OCH3 is 11. The fourth-order valence-electron chi connectivity index (χ4n) is 10.5. The number of hydrogen-bond donors (Lipinski definition) is 0. The van der Waals surface area contributed by atoms with Gasteiger partial charge in [0.2, 0.25) is 23.0 Å². The van der Waals surface area contributed by atoms with Crippen LogP contribution in [0.3, 0.4) is 0 Å². The van der Waals surface area contributed by atoms with Crippen molar-refractivity contribution in [1.29, 1.82) is 0 Å². The van der Waals surface area contributed by atoms with Crippen LogP contribution < -0.4 is 52.1 Å². The molecule has 4 aromatic carbocycles. The van der Waals surface area contributed by atoms with Gasteiger partial charge in [-0.3, -0.25) is 4.79 Å². The van der Waals surface area contributed by atoms with Crippen molar-refractivity contribution in [2.24, 2.45) is 0 Å². The molecule has 0 fully saturated rings. The van der Waals surface area contributed by atoms with Crippen LogP contribution >= 0.6 is 0 Å². The zero-order chi connectivity index (χ0) is 51.5. The Labute approximate surface area is 419 Å². The van der Waals surface area contributed by atoms with Gasteiger partial charge in [-0.1, -0.05) is 0 Å². The highest BCUT2D eigenvalue weighted by Crippen LogP contribution is 2.51. The molecular formula is C55H72N2O14+2. The monoisotopic (exact) mass is 984 g/mol. The van der Waals surface area contributed by atoms with Crippen molar-refractivity contribution in [1.82, 2.24) is 0 Å². The lowest BCUT2D eigenvalue weighted by Crippen LogP contribution is -2.52. The van der Waals surface area contributed by atoms with Crippen molar-refractivity contribution < 1.29 is 75.4 Å². The van der Waals surface area contributed by atoms with Gasteiger partial charge in [-0.25, -0.2) is 4.79 Å². The molecule has 4 aromatic rings. The first-order valence-electron chi connectivity index (χ1n) is 23.8. The summed E-state index contributed by atoms with van der Waals surface area (Å²) in [6, 6.07) is 13.9. The third kappa shape index (κ3) is 11.6. The molecule has 384 valence electrons. The molecule has 0 spiro atoms. The minimum absolute atomic E-state index is 0.0140. The molecule has 0 radical (unpaired) electrons. The van der Waals surface area contributed by atoms with E-state index in [1.807, 2.05) is 30.3 Å². The van der Waals surface area contributed by atoms with E-state index in [4.69, 9.17) is 56.8 Å². The zero-order valence-corrected chi connectivity index (χ0v) is 43.8. The summed E-state index contributed by atoms with van der Waals surface area (Å²) in [5, 5.41) is 0. The zero-order valence-electron chi connectivity index (χ0n) is 43.8. The van der Waals surface area contributed by atoms with Gasteiger partial charge in [-0.2, -0.15) is 0 Å². The maximum atomic E-state index is 13.2. The second-order valence-corrected chi connectivity index (χ2v) is 18.3. The van der Waals surface area contributed by atoms with Crippen LogP contribution in [0.2, 0.25) is 0 Å². The number of ether oxygens (including phenoxy) is 12. The molecule has 0 aromatic heterocycles. The number of ketones is 1. The fourth-order valence-corrected chi connectivity index (χ4v) is 10.5. The highest BCUT2D eigenvalue weighted by atomic mass is 16.6. The number of likely N-dealkylation sites (N-methyl/N-ethyl adjacent to an activating group) is 2. The Morgan fingerprint density at radius 2 is 0.930 bits per heavy atom. The van der Waals surface area contributed by atoms with Crippen LogP contribution in [0.15, 0.2) is 42.5 Å². The number of esters is 1. The lowest BCUT2D eigenvalue weighted by molar-refractivity contribution is -0.941. The lowest BCUT2D eigenvalue weighted by atomic mass is 9.85. The third-order valence-corrected chi connectivity index (χ3v) is 14.3. The fraction of sp³-hybridized carbons (Fsp3) is 0.491. The van der Waals surface area contributed by atoms with Gasteiger partial charge < -0.3 is 65.8 Å². The van der Waals surface area contributed by atoms with Gasteiger partial charge in [-0.05, 0) is 70.6 Å². The number of carbonyl (C=O) groups is 2. The molecule has 0 amide bonds. The predicted octanol–water partition coefficient (Wildman–Crippen LogP) is 7.34. The van der Waals surface area contributed by atoms with E-state index < -0.39 is 5.97 Å². The van der Waals surface area contributed by atoms with E-state index in [0.717, 1.165) is 53.7 Å². The van der Waals surface area contributed by atoms with Crippen molar-refractivity contribution in [3.05, 3.63) is 75.8 Å². The van der Waals surface area contributed by atoms with E-state index in [1.165, 1.54) is 5.56 Å². The normalized spacial score (nSPS) is 18.8. The lowest BCUT2D eigenvalue weighted by Gasteiger charge is -2.46. The van der Waals surface area contributed by atoms with Crippen LogP contribution in [-0.4, -0.2) is 146 Å². The SMILES string of the molecule is COc1cc2c(cc1OC)C(Cc1cc(OC)c(OC)c(OC)c1)[N+](C)(CCCC(=O)C#CC(=O)OCCC[N+]1(C)CCc3cc(OC)c(OC)c(OC)c3C1Cc1cc(OC)c(OC)c(OC)c1)CC2. The number of carbonyl (C=O) groups excluding carboxylic acids is 2. The molecule has 4 atom stereocenters. The summed E-state index contributed by atoms with van der Waals surface area (Å²) in [4.78, 5) is 26.2. The molecule has 0 saturated carbocycles. The maximum absolute atomic E-state index is 13.2. The molecule has 16 heteroatoms. The Hall–Kier alpha value is -6.70. The quantitative estimate of drug-likeness (QED) is 0.0183. The number of fused-ring (bicyclic) bond motifs is 2.